The number of nitrogens with one attached hydrogen (secondary N) is 1. The third-order valence-electron chi connectivity index (χ3n) is 4.47. The van der Waals surface area contributed by atoms with Crippen LogP contribution in [0, 0.1) is 6.92 Å². The smallest absolute Gasteiger partial charge is 0.339 e. The van der Waals surface area contributed by atoms with E-state index in [1.165, 1.54) is 6.39 Å². The average Bonchev–Trinajstić information content (AvgIpc) is 3.15. The first-order chi connectivity index (χ1) is 13.0. The van der Waals surface area contributed by atoms with Crippen molar-refractivity contribution >= 4 is 28.7 Å². The van der Waals surface area contributed by atoms with Crippen molar-refractivity contribution in [1.82, 2.24) is 4.98 Å². The summed E-state index contributed by atoms with van der Waals surface area (Å²) < 4.78 is 10.7. The molecule has 0 spiro atoms. The second-order valence-electron chi connectivity index (χ2n) is 6.29. The van der Waals surface area contributed by atoms with Crippen molar-refractivity contribution in [3.8, 4) is 0 Å². The Balaban J connectivity index is 1.74. The molecule has 0 bridgehead atoms. The van der Waals surface area contributed by atoms with Crippen LogP contribution in [0.15, 0.2) is 47.2 Å². The Bertz CT molecular complexity index is 977. The van der Waals surface area contributed by atoms with Crippen LogP contribution >= 0.6 is 0 Å². The molecule has 27 heavy (non-hydrogen) atoms. The van der Waals surface area contributed by atoms with Crippen molar-refractivity contribution in [1.29, 1.82) is 0 Å². The SMILES string of the molecule is CCc1cccc(C)c1NC(=O)C(CC)OC(=O)c1ccc2ncoc2c1. The number of oxazole rings is 1. The summed E-state index contributed by atoms with van der Waals surface area (Å²) in [4.78, 5) is 29.2. The molecule has 1 atom stereocenters. The predicted molar refractivity (Wildman–Crippen MR) is 103 cm³/mol. The largest absolute Gasteiger partial charge is 0.449 e. The molecule has 0 aliphatic rings. The van der Waals surface area contributed by atoms with Crippen LogP contribution in [0.2, 0.25) is 0 Å². The number of carbonyl (C=O) groups excluding carboxylic acids is 2. The van der Waals surface area contributed by atoms with Gasteiger partial charge in [-0.2, -0.15) is 0 Å². The number of nitrogens with zero attached hydrogens (tertiary/aromatic N) is 1. The number of amides is 1. The highest BCUT2D eigenvalue weighted by Crippen LogP contribution is 2.22. The monoisotopic (exact) mass is 366 g/mol. The minimum atomic E-state index is -0.882. The van der Waals surface area contributed by atoms with Crippen molar-refractivity contribution in [2.75, 3.05) is 5.32 Å². The van der Waals surface area contributed by atoms with E-state index < -0.39 is 12.1 Å². The van der Waals surface area contributed by atoms with E-state index in [0.29, 0.717) is 23.1 Å². The molecule has 1 aromatic heterocycles. The first kappa shape index (κ1) is 18.6. The van der Waals surface area contributed by atoms with E-state index in [1.54, 1.807) is 25.1 Å². The number of hydrogen-bond donors (Lipinski definition) is 1. The van der Waals surface area contributed by atoms with Gasteiger partial charge in [-0.25, -0.2) is 9.78 Å². The zero-order chi connectivity index (χ0) is 19.4. The predicted octanol–water partition coefficient (Wildman–Crippen LogP) is 4.27. The van der Waals surface area contributed by atoms with Gasteiger partial charge in [-0.3, -0.25) is 4.79 Å². The average molecular weight is 366 g/mol. The van der Waals surface area contributed by atoms with Gasteiger partial charge in [0.2, 0.25) is 0 Å². The van der Waals surface area contributed by atoms with Crippen LogP contribution in [0.5, 0.6) is 0 Å². The molecule has 2 aromatic carbocycles. The molecule has 1 heterocycles. The zero-order valence-corrected chi connectivity index (χ0v) is 15.6. The van der Waals surface area contributed by atoms with Crippen LogP contribution in [-0.2, 0) is 16.0 Å². The number of hydrogen-bond acceptors (Lipinski definition) is 5. The molecule has 6 heteroatoms. The minimum absolute atomic E-state index is 0.315. The lowest BCUT2D eigenvalue weighted by atomic mass is 10.1. The van der Waals surface area contributed by atoms with Gasteiger partial charge in [0.15, 0.2) is 18.1 Å². The van der Waals surface area contributed by atoms with Gasteiger partial charge in [-0.15, -0.1) is 0 Å². The third-order valence-corrected chi connectivity index (χ3v) is 4.47. The molecule has 1 amide bonds. The maximum absolute atomic E-state index is 12.7. The van der Waals surface area contributed by atoms with Crippen molar-refractivity contribution in [2.24, 2.45) is 0 Å². The fraction of sp³-hybridized carbons (Fsp3) is 0.286. The lowest BCUT2D eigenvalue weighted by Gasteiger charge is -2.18. The Morgan fingerprint density at radius 1 is 1.22 bits per heavy atom. The number of rotatable bonds is 6. The number of aromatic nitrogens is 1. The highest BCUT2D eigenvalue weighted by molar-refractivity contribution is 5.99. The lowest BCUT2D eigenvalue weighted by molar-refractivity contribution is -0.124. The molecule has 0 saturated carbocycles. The quantitative estimate of drug-likeness (QED) is 0.659. The minimum Gasteiger partial charge on any atom is -0.449 e. The summed E-state index contributed by atoms with van der Waals surface area (Å²) in [7, 11) is 0. The third kappa shape index (κ3) is 4.00. The van der Waals surface area contributed by atoms with Crippen molar-refractivity contribution in [3.05, 3.63) is 59.5 Å². The maximum Gasteiger partial charge on any atom is 0.339 e. The second kappa shape index (κ2) is 8.03. The summed E-state index contributed by atoms with van der Waals surface area (Å²) in [6, 6.07) is 10.7. The summed E-state index contributed by atoms with van der Waals surface area (Å²) in [5, 5.41) is 2.92. The van der Waals surface area contributed by atoms with Crippen LogP contribution in [0.4, 0.5) is 5.69 Å². The maximum atomic E-state index is 12.7. The Hall–Kier alpha value is -3.15. The second-order valence-corrected chi connectivity index (χ2v) is 6.29. The normalized spacial score (nSPS) is 12.0. The topological polar surface area (TPSA) is 81.4 Å². The number of esters is 1. The number of carbonyl (C=O) groups is 2. The van der Waals surface area contributed by atoms with Gasteiger partial charge in [0, 0.05) is 5.69 Å². The molecule has 0 aliphatic carbocycles. The van der Waals surface area contributed by atoms with E-state index in [-0.39, 0.29) is 5.91 Å². The van der Waals surface area contributed by atoms with Crippen molar-refractivity contribution < 1.29 is 18.7 Å². The highest BCUT2D eigenvalue weighted by atomic mass is 16.5. The molecule has 3 aromatic rings. The number of ether oxygens (including phenoxy) is 1. The fourth-order valence-electron chi connectivity index (χ4n) is 2.91. The van der Waals surface area contributed by atoms with E-state index in [4.69, 9.17) is 9.15 Å². The van der Waals surface area contributed by atoms with Gasteiger partial charge in [-0.05, 0) is 49.1 Å². The molecular formula is C21H22N2O4. The van der Waals surface area contributed by atoms with Gasteiger partial charge >= 0.3 is 5.97 Å². The number of benzene rings is 2. The van der Waals surface area contributed by atoms with E-state index >= 15 is 0 Å². The summed E-state index contributed by atoms with van der Waals surface area (Å²) in [6.45, 7) is 5.77. The van der Waals surface area contributed by atoms with Gasteiger partial charge in [0.05, 0.1) is 5.56 Å². The summed E-state index contributed by atoms with van der Waals surface area (Å²) in [5.41, 5.74) is 4.26. The molecule has 0 aliphatic heterocycles. The molecule has 140 valence electrons. The Morgan fingerprint density at radius 3 is 2.78 bits per heavy atom. The van der Waals surface area contributed by atoms with Crippen LogP contribution in [0.1, 0.15) is 41.8 Å². The number of anilines is 1. The first-order valence-corrected chi connectivity index (χ1v) is 8.97. The Kier molecular flexibility index (Phi) is 5.54. The molecular weight excluding hydrogens is 344 g/mol. The summed E-state index contributed by atoms with van der Waals surface area (Å²) >= 11 is 0. The first-order valence-electron chi connectivity index (χ1n) is 8.97. The fourth-order valence-corrected chi connectivity index (χ4v) is 2.91. The van der Waals surface area contributed by atoms with Gasteiger partial charge in [0.25, 0.3) is 5.91 Å². The highest BCUT2D eigenvalue weighted by Gasteiger charge is 2.23. The zero-order valence-electron chi connectivity index (χ0n) is 15.6. The number of fused-ring (bicyclic) bond motifs is 1. The molecule has 0 saturated heterocycles. The number of aryl methyl sites for hydroxylation is 2. The van der Waals surface area contributed by atoms with Gasteiger partial charge in [-0.1, -0.05) is 32.0 Å². The summed E-state index contributed by atoms with van der Waals surface area (Å²) in [6.07, 6.45) is 1.60. The van der Waals surface area contributed by atoms with E-state index in [0.717, 1.165) is 23.2 Å². The standard InChI is InChI=1S/C21H22N2O4/c1-4-14-8-6-7-13(3)19(14)23-20(24)17(5-2)27-21(25)15-9-10-16-18(11-15)26-12-22-16/h6-12,17H,4-5H2,1-3H3,(H,23,24). The van der Waals surface area contributed by atoms with Crippen LogP contribution in [0.25, 0.3) is 11.1 Å². The molecule has 0 radical (unpaired) electrons. The van der Waals surface area contributed by atoms with Crippen molar-refractivity contribution in [2.45, 2.75) is 39.7 Å². The van der Waals surface area contributed by atoms with Crippen molar-refractivity contribution in [3.63, 3.8) is 0 Å². The molecule has 0 fully saturated rings. The van der Waals surface area contributed by atoms with Crippen LogP contribution in [0.3, 0.4) is 0 Å². The van der Waals surface area contributed by atoms with Gasteiger partial charge < -0.3 is 14.5 Å². The Morgan fingerprint density at radius 2 is 2.04 bits per heavy atom. The molecule has 6 nitrogen and oxygen atoms in total. The molecule has 1 unspecified atom stereocenters. The van der Waals surface area contributed by atoms with E-state index in [2.05, 4.69) is 10.3 Å². The van der Waals surface area contributed by atoms with Crippen LogP contribution < -0.4 is 5.32 Å². The van der Waals surface area contributed by atoms with Gasteiger partial charge in [0.1, 0.15) is 5.52 Å². The van der Waals surface area contributed by atoms with Crippen LogP contribution in [-0.4, -0.2) is 23.0 Å². The molecule has 1 N–H and O–H groups in total. The number of para-hydroxylation sites is 1. The Labute approximate surface area is 157 Å². The lowest BCUT2D eigenvalue weighted by Crippen LogP contribution is -2.32. The summed E-state index contributed by atoms with van der Waals surface area (Å²) in [5.74, 6) is -0.911. The van der Waals surface area contributed by atoms with E-state index in [1.807, 2.05) is 32.0 Å². The molecule has 3 rings (SSSR count). The van der Waals surface area contributed by atoms with E-state index in [9.17, 15) is 9.59 Å².